The average molecular weight is 274 g/mol. The van der Waals surface area contributed by atoms with Crippen molar-refractivity contribution in [1.29, 1.82) is 0 Å². The van der Waals surface area contributed by atoms with Gasteiger partial charge in [0, 0.05) is 4.88 Å². The molecule has 3 heteroatoms. The van der Waals surface area contributed by atoms with Crippen LogP contribution in [0.3, 0.4) is 0 Å². The summed E-state index contributed by atoms with van der Waals surface area (Å²) in [6.07, 6.45) is 0. The SMILES string of the molecule is CCOC(=O)c1ccc(-c2ccc(C(C)C)cc2)s1. The number of carbonyl (C=O) groups excluding carboxylic acids is 1. The summed E-state index contributed by atoms with van der Waals surface area (Å²) >= 11 is 1.47. The summed E-state index contributed by atoms with van der Waals surface area (Å²) < 4.78 is 5.00. The van der Waals surface area contributed by atoms with E-state index >= 15 is 0 Å². The van der Waals surface area contributed by atoms with Crippen LogP contribution in [0.2, 0.25) is 0 Å². The monoisotopic (exact) mass is 274 g/mol. The Bertz CT molecular complexity index is 552. The van der Waals surface area contributed by atoms with E-state index in [9.17, 15) is 4.79 Å². The fourth-order valence-corrected chi connectivity index (χ4v) is 2.74. The van der Waals surface area contributed by atoms with Crippen molar-refractivity contribution < 1.29 is 9.53 Å². The van der Waals surface area contributed by atoms with Gasteiger partial charge in [-0.25, -0.2) is 4.79 Å². The highest BCUT2D eigenvalue weighted by atomic mass is 32.1. The molecule has 0 unspecified atom stereocenters. The normalized spacial score (nSPS) is 10.7. The van der Waals surface area contributed by atoms with E-state index in [0.717, 1.165) is 10.4 Å². The minimum absolute atomic E-state index is 0.238. The van der Waals surface area contributed by atoms with Gasteiger partial charge in [0.05, 0.1) is 6.61 Å². The molecule has 1 aromatic heterocycles. The van der Waals surface area contributed by atoms with Crippen LogP contribution in [-0.2, 0) is 4.74 Å². The van der Waals surface area contributed by atoms with Crippen LogP contribution in [0.4, 0.5) is 0 Å². The van der Waals surface area contributed by atoms with E-state index in [0.29, 0.717) is 17.4 Å². The Morgan fingerprint density at radius 3 is 2.42 bits per heavy atom. The second kappa shape index (κ2) is 6.02. The van der Waals surface area contributed by atoms with E-state index in [2.05, 4.69) is 38.1 Å². The number of hydrogen-bond acceptors (Lipinski definition) is 3. The summed E-state index contributed by atoms with van der Waals surface area (Å²) in [6.45, 7) is 6.59. The van der Waals surface area contributed by atoms with E-state index in [1.807, 2.05) is 19.1 Å². The zero-order chi connectivity index (χ0) is 13.8. The summed E-state index contributed by atoms with van der Waals surface area (Å²) in [7, 11) is 0. The van der Waals surface area contributed by atoms with E-state index < -0.39 is 0 Å². The standard InChI is InChI=1S/C16H18O2S/c1-4-18-16(17)15-10-9-14(19-15)13-7-5-12(6-8-13)11(2)3/h5-11H,4H2,1-3H3. The Morgan fingerprint density at radius 1 is 1.16 bits per heavy atom. The van der Waals surface area contributed by atoms with Crippen LogP contribution in [0.15, 0.2) is 36.4 Å². The molecule has 0 radical (unpaired) electrons. The minimum Gasteiger partial charge on any atom is -0.462 e. The van der Waals surface area contributed by atoms with Crippen LogP contribution in [0, 0.1) is 0 Å². The van der Waals surface area contributed by atoms with Crippen LogP contribution in [0.25, 0.3) is 10.4 Å². The molecule has 0 aliphatic heterocycles. The summed E-state index contributed by atoms with van der Waals surface area (Å²) in [5, 5.41) is 0. The van der Waals surface area contributed by atoms with Crippen LogP contribution in [0.5, 0.6) is 0 Å². The zero-order valence-corrected chi connectivity index (χ0v) is 12.3. The minimum atomic E-state index is -0.238. The molecule has 0 amide bonds. The van der Waals surface area contributed by atoms with Gasteiger partial charge < -0.3 is 4.74 Å². The highest BCUT2D eigenvalue weighted by Gasteiger charge is 2.11. The average Bonchev–Trinajstić information content (AvgIpc) is 2.89. The first kappa shape index (κ1) is 13.8. The first-order valence-electron chi connectivity index (χ1n) is 6.49. The van der Waals surface area contributed by atoms with Gasteiger partial charge in [-0.2, -0.15) is 0 Å². The summed E-state index contributed by atoms with van der Waals surface area (Å²) in [6, 6.07) is 12.3. The fourth-order valence-electron chi connectivity index (χ4n) is 1.84. The molecule has 0 saturated heterocycles. The van der Waals surface area contributed by atoms with Gasteiger partial charge >= 0.3 is 5.97 Å². The van der Waals surface area contributed by atoms with Gasteiger partial charge in [0.1, 0.15) is 4.88 Å². The molecule has 0 saturated carbocycles. The molecular weight excluding hydrogens is 256 g/mol. The number of benzene rings is 1. The lowest BCUT2D eigenvalue weighted by atomic mass is 10.0. The quantitative estimate of drug-likeness (QED) is 0.754. The molecule has 100 valence electrons. The topological polar surface area (TPSA) is 26.3 Å². The number of carbonyl (C=O) groups is 1. The smallest absolute Gasteiger partial charge is 0.348 e. The number of ether oxygens (including phenoxy) is 1. The second-order valence-electron chi connectivity index (χ2n) is 4.66. The Morgan fingerprint density at radius 2 is 1.84 bits per heavy atom. The van der Waals surface area contributed by atoms with E-state index in [1.54, 1.807) is 0 Å². The van der Waals surface area contributed by atoms with Crippen molar-refractivity contribution in [2.24, 2.45) is 0 Å². The predicted octanol–water partition coefficient (Wildman–Crippen LogP) is 4.72. The van der Waals surface area contributed by atoms with Crippen LogP contribution in [0.1, 0.15) is 41.9 Å². The highest BCUT2D eigenvalue weighted by Crippen LogP contribution is 2.29. The Labute approximate surface area is 118 Å². The largest absolute Gasteiger partial charge is 0.462 e. The maximum Gasteiger partial charge on any atom is 0.348 e. The number of hydrogen-bond donors (Lipinski definition) is 0. The number of rotatable bonds is 4. The molecular formula is C16H18O2S. The summed E-state index contributed by atoms with van der Waals surface area (Å²) in [4.78, 5) is 13.4. The molecule has 19 heavy (non-hydrogen) atoms. The maximum absolute atomic E-state index is 11.6. The second-order valence-corrected chi connectivity index (χ2v) is 5.74. The van der Waals surface area contributed by atoms with Crippen molar-refractivity contribution in [3.05, 3.63) is 46.8 Å². The van der Waals surface area contributed by atoms with Gasteiger partial charge in [-0.15, -0.1) is 11.3 Å². The van der Waals surface area contributed by atoms with Crippen LogP contribution in [-0.4, -0.2) is 12.6 Å². The third-order valence-electron chi connectivity index (χ3n) is 2.94. The molecule has 0 spiro atoms. The molecule has 0 atom stereocenters. The lowest BCUT2D eigenvalue weighted by Crippen LogP contribution is -2.01. The molecule has 2 aromatic rings. The predicted molar refractivity (Wildman–Crippen MR) is 79.8 cm³/mol. The molecule has 0 aliphatic rings. The van der Waals surface area contributed by atoms with Gasteiger partial charge in [0.25, 0.3) is 0 Å². The lowest BCUT2D eigenvalue weighted by Gasteiger charge is -2.05. The van der Waals surface area contributed by atoms with Gasteiger partial charge in [0.15, 0.2) is 0 Å². The summed E-state index contributed by atoms with van der Waals surface area (Å²) in [5.41, 5.74) is 2.47. The van der Waals surface area contributed by atoms with Crippen molar-refractivity contribution in [3.63, 3.8) is 0 Å². The summed E-state index contributed by atoms with van der Waals surface area (Å²) in [5.74, 6) is 0.296. The third-order valence-corrected chi connectivity index (χ3v) is 4.06. The molecule has 1 aromatic carbocycles. The van der Waals surface area contributed by atoms with E-state index in [-0.39, 0.29) is 5.97 Å². The Hall–Kier alpha value is -1.61. The molecule has 0 bridgehead atoms. The fraction of sp³-hybridized carbons (Fsp3) is 0.312. The van der Waals surface area contributed by atoms with Crippen molar-refractivity contribution in [1.82, 2.24) is 0 Å². The van der Waals surface area contributed by atoms with Gasteiger partial charge in [-0.1, -0.05) is 38.1 Å². The van der Waals surface area contributed by atoms with Gasteiger partial charge in [0.2, 0.25) is 0 Å². The molecule has 0 N–H and O–H groups in total. The Balaban J connectivity index is 2.20. The van der Waals surface area contributed by atoms with E-state index in [1.165, 1.54) is 16.9 Å². The van der Waals surface area contributed by atoms with Crippen LogP contribution < -0.4 is 0 Å². The van der Waals surface area contributed by atoms with Crippen molar-refractivity contribution in [2.75, 3.05) is 6.61 Å². The zero-order valence-electron chi connectivity index (χ0n) is 11.5. The molecule has 2 rings (SSSR count). The highest BCUT2D eigenvalue weighted by molar-refractivity contribution is 7.17. The number of thiophene rings is 1. The maximum atomic E-state index is 11.6. The molecule has 2 nitrogen and oxygen atoms in total. The van der Waals surface area contributed by atoms with Gasteiger partial charge in [-0.05, 0) is 36.1 Å². The third kappa shape index (κ3) is 3.24. The molecule has 1 heterocycles. The Kier molecular flexibility index (Phi) is 4.38. The van der Waals surface area contributed by atoms with Crippen LogP contribution >= 0.6 is 11.3 Å². The first-order chi connectivity index (χ1) is 9.11. The van der Waals surface area contributed by atoms with Gasteiger partial charge in [-0.3, -0.25) is 0 Å². The molecule has 0 aliphatic carbocycles. The number of esters is 1. The first-order valence-corrected chi connectivity index (χ1v) is 7.30. The van der Waals surface area contributed by atoms with Crippen molar-refractivity contribution in [2.45, 2.75) is 26.7 Å². The van der Waals surface area contributed by atoms with Crippen molar-refractivity contribution >= 4 is 17.3 Å². The molecule has 0 fully saturated rings. The van der Waals surface area contributed by atoms with Crippen molar-refractivity contribution in [3.8, 4) is 10.4 Å². The van der Waals surface area contributed by atoms with E-state index in [4.69, 9.17) is 4.74 Å². The lowest BCUT2D eigenvalue weighted by molar-refractivity contribution is 0.0532.